The molecule has 0 saturated carbocycles. The topological polar surface area (TPSA) is 80.9 Å². The Kier molecular flexibility index (Phi) is 1.07. The van der Waals surface area contributed by atoms with Crippen molar-refractivity contribution in [1.82, 2.24) is 9.89 Å². The summed E-state index contributed by atoms with van der Waals surface area (Å²) >= 11 is 0. The Morgan fingerprint density at radius 2 is 2.44 bits per heavy atom. The molecule has 0 radical (unpaired) electrons. The summed E-state index contributed by atoms with van der Waals surface area (Å²) in [6.07, 6.45) is 1.20. The van der Waals surface area contributed by atoms with E-state index in [1.807, 2.05) is 0 Å². The third-order valence-electron chi connectivity index (χ3n) is 0.795. The van der Waals surface area contributed by atoms with E-state index in [1.165, 1.54) is 6.20 Å². The molecule has 0 aliphatic rings. The molecule has 0 aliphatic heterocycles. The van der Waals surface area contributed by atoms with Gasteiger partial charge in [-0.3, -0.25) is 4.79 Å². The van der Waals surface area contributed by atoms with Crippen LogP contribution in [0.2, 0.25) is 0 Å². The van der Waals surface area contributed by atoms with E-state index in [9.17, 15) is 14.9 Å². The highest BCUT2D eigenvalue weighted by molar-refractivity contribution is 4.77. The highest BCUT2D eigenvalue weighted by Crippen LogP contribution is 1.70. The first-order valence-electron chi connectivity index (χ1n) is 2.13. The van der Waals surface area contributed by atoms with Gasteiger partial charge in [-0.25, -0.2) is 0 Å². The fourth-order valence-corrected chi connectivity index (χ4v) is 0.441. The zero-order valence-electron chi connectivity index (χ0n) is 4.27. The van der Waals surface area contributed by atoms with Crippen LogP contribution in [0.3, 0.4) is 0 Å². The van der Waals surface area contributed by atoms with E-state index in [-0.39, 0.29) is 0 Å². The highest BCUT2D eigenvalue weighted by atomic mass is 16.7. The Bertz CT molecular complexity index is 272. The largest absolute Gasteiger partial charge is 0.339 e. The number of aromatic amines is 1. The number of hydrogen-bond acceptors (Lipinski definition) is 3. The molecule has 1 aromatic heterocycles. The minimum absolute atomic E-state index is 0.292. The molecule has 0 saturated heterocycles. The molecule has 0 spiro atoms. The molecule has 6 nitrogen and oxygen atoms in total. The third kappa shape index (κ3) is 0.809. The fraction of sp³-hybridized carbons (Fsp3) is 0. The summed E-state index contributed by atoms with van der Waals surface area (Å²) in [6, 6.07) is 1.07. The van der Waals surface area contributed by atoms with Crippen molar-refractivity contribution in [2.24, 2.45) is 0 Å². The average Bonchev–Trinajstić information content (AvgIpc) is 2.13. The zero-order chi connectivity index (χ0) is 6.85. The minimum Gasteiger partial charge on any atom is -0.339 e. The standard InChI is InChI=1S/C3H3N3O3/c7-3-1-2-4-5(3)6(8)9/h1-2,4H. The Morgan fingerprint density at radius 3 is 2.67 bits per heavy atom. The number of rotatable bonds is 1. The number of nitro groups is 1. The highest BCUT2D eigenvalue weighted by Gasteiger charge is 2.00. The number of nitrogens with one attached hydrogen (secondary N) is 1. The van der Waals surface area contributed by atoms with Gasteiger partial charge in [0.2, 0.25) is 0 Å². The molecule has 9 heavy (non-hydrogen) atoms. The number of aromatic nitrogens is 2. The summed E-state index contributed by atoms with van der Waals surface area (Å²) in [6.45, 7) is 0. The van der Waals surface area contributed by atoms with E-state index in [1.54, 1.807) is 0 Å². The molecular weight excluding hydrogens is 126 g/mol. The van der Waals surface area contributed by atoms with Crippen molar-refractivity contribution >= 4 is 0 Å². The predicted octanol–water partition coefficient (Wildman–Crippen LogP) is -0.784. The van der Waals surface area contributed by atoms with Gasteiger partial charge >= 0.3 is 5.56 Å². The number of hydrogen-bond donors (Lipinski definition) is 1. The van der Waals surface area contributed by atoms with Gasteiger partial charge in [0, 0.05) is 4.79 Å². The van der Waals surface area contributed by atoms with Gasteiger partial charge in [-0.15, -0.1) is 0 Å². The maximum Gasteiger partial charge on any atom is 0.332 e. The van der Waals surface area contributed by atoms with Crippen molar-refractivity contribution in [3.63, 3.8) is 0 Å². The minimum atomic E-state index is -0.831. The molecule has 1 rings (SSSR count). The Morgan fingerprint density at radius 1 is 1.78 bits per heavy atom. The molecule has 0 amide bonds. The summed E-state index contributed by atoms with van der Waals surface area (Å²) in [5.74, 6) is 0. The van der Waals surface area contributed by atoms with Gasteiger partial charge in [-0.1, -0.05) is 0 Å². The van der Waals surface area contributed by atoms with Crippen molar-refractivity contribution in [2.45, 2.75) is 0 Å². The van der Waals surface area contributed by atoms with Gasteiger partial charge in [-0.05, 0) is 0 Å². The zero-order valence-corrected chi connectivity index (χ0v) is 4.27. The Labute approximate surface area is 48.8 Å². The molecule has 1 heterocycles. The monoisotopic (exact) mass is 129 g/mol. The lowest BCUT2D eigenvalue weighted by Gasteiger charge is -1.87. The van der Waals surface area contributed by atoms with Gasteiger partial charge in [0.15, 0.2) is 0 Å². The van der Waals surface area contributed by atoms with E-state index in [0.29, 0.717) is 4.79 Å². The molecule has 0 aliphatic carbocycles. The lowest BCUT2D eigenvalue weighted by Crippen LogP contribution is -2.22. The van der Waals surface area contributed by atoms with Crippen LogP contribution in [0, 0.1) is 10.1 Å². The van der Waals surface area contributed by atoms with Crippen molar-refractivity contribution in [3.8, 4) is 0 Å². The van der Waals surface area contributed by atoms with Gasteiger partial charge < -0.3 is 10.1 Å². The summed E-state index contributed by atoms with van der Waals surface area (Å²) < 4.78 is 0. The van der Waals surface area contributed by atoms with E-state index < -0.39 is 10.6 Å². The van der Waals surface area contributed by atoms with Crippen molar-refractivity contribution in [1.29, 1.82) is 0 Å². The van der Waals surface area contributed by atoms with Crippen LogP contribution in [0.5, 0.6) is 0 Å². The lowest BCUT2D eigenvalue weighted by molar-refractivity contribution is -0.555. The van der Waals surface area contributed by atoms with Crippen LogP contribution < -0.4 is 5.56 Å². The molecule has 0 fully saturated rings. The first kappa shape index (κ1) is 5.54. The predicted molar refractivity (Wildman–Crippen MR) is 27.4 cm³/mol. The Balaban J connectivity index is 3.24. The van der Waals surface area contributed by atoms with Crippen LogP contribution in [0.15, 0.2) is 17.1 Å². The maximum absolute atomic E-state index is 10.4. The summed E-state index contributed by atoms with van der Waals surface area (Å²) in [4.78, 5) is 20.5. The Hall–Kier alpha value is -1.59. The average molecular weight is 129 g/mol. The summed E-state index contributed by atoms with van der Waals surface area (Å²) in [5, 5.41) is 11.1. The first-order valence-corrected chi connectivity index (χ1v) is 2.13. The van der Waals surface area contributed by atoms with Crippen molar-refractivity contribution in [3.05, 3.63) is 32.7 Å². The third-order valence-corrected chi connectivity index (χ3v) is 0.795. The van der Waals surface area contributed by atoms with Gasteiger partial charge in [0.25, 0.3) is 0 Å². The molecule has 6 heteroatoms. The van der Waals surface area contributed by atoms with Gasteiger partial charge in [-0.2, -0.15) is 5.10 Å². The summed E-state index contributed by atoms with van der Waals surface area (Å²) in [7, 11) is 0. The summed E-state index contributed by atoms with van der Waals surface area (Å²) in [5.41, 5.74) is -0.667. The second-order valence-electron chi connectivity index (χ2n) is 1.35. The normalized spacial score (nSPS) is 9.33. The van der Waals surface area contributed by atoms with E-state index >= 15 is 0 Å². The first-order chi connectivity index (χ1) is 4.22. The second-order valence-corrected chi connectivity index (χ2v) is 1.35. The SMILES string of the molecule is O=c1cc[nH]n1[N+](=O)[O-]. The maximum atomic E-state index is 10.4. The molecular formula is C3H3N3O3. The van der Waals surface area contributed by atoms with Crippen LogP contribution in [0.4, 0.5) is 0 Å². The van der Waals surface area contributed by atoms with Crippen molar-refractivity contribution < 1.29 is 5.03 Å². The van der Waals surface area contributed by atoms with Gasteiger partial charge in [0.05, 0.1) is 11.1 Å². The van der Waals surface area contributed by atoms with E-state index in [0.717, 1.165) is 6.07 Å². The molecule has 0 bridgehead atoms. The molecule has 48 valence electrons. The van der Waals surface area contributed by atoms with Crippen LogP contribution in [0.1, 0.15) is 0 Å². The lowest BCUT2D eigenvalue weighted by atomic mass is 10.7. The molecule has 1 aromatic rings. The fourth-order valence-electron chi connectivity index (χ4n) is 0.441. The van der Waals surface area contributed by atoms with Crippen LogP contribution in [0.25, 0.3) is 0 Å². The smallest absolute Gasteiger partial charge is 0.332 e. The van der Waals surface area contributed by atoms with Crippen molar-refractivity contribution in [2.75, 3.05) is 0 Å². The van der Waals surface area contributed by atoms with Gasteiger partial charge in [0.1, 0.15) is 6.20 Å². The van der Waals surface area contributed by atoms with Crippen LogP contribution in [-0.2, 0) is 0 Å². The van der Waals surface area contributed by atoms with E-state index in [4.69, 9.17) is 0 Å². The quantitative estimate of drug-likeness (QED) is 0.398. The van der Waals surface area contributed by atoms with Crippen LogP contribution >= 0.6 is 0 Å². The molecule has 1 N–H and O–H groups in total. The molecule has 0 atom stereocenters. The second kappa shape index (κ2) is 1.73. The number of nitrogens with zero attached hydrogens (tertiary/aromatic N) is 2. The molecule has 0 aromatic carbocycles. The molecule has 0 unspecified atom stereocenters. The number of H-pyrrole nitrogens is 1. The van der Waals surface area contributed by atoms with E-state index in [2.05, 4.69) is 5.10 Å². The van der Waals surface area contributed by atoms with Crippen LogP contribution in [-0.4, -0.2) is 14.9 Å².